The number of rotatable bonds is 5. The minimum absolute atomic E-state index is 0. The fraction of sp³-hybridized carbons (Fsp3) is 0.474. The van der Waals surface area contributed by atoms with E-state index < -0.39 is 0 Å². The van der Waals surface area contributed by atoms with E-state index in [-0.39, 0.29) is 41.6 Å². The maximum atomic E-state index is 13.7. The van der Waals surface area contributed by atoms with Crippen molar-refractivity contribution in [3.8, 4) is 5.75 Å². The van der Waals surface area contributed by atoms with E-state index in [2.05, 4.69) is 26.5 Å². The summed E-state index contributed by atoms with van der Waals surface area (Å²) in [4.78, 5) is 6.62. The SMILES string of the molecule is CN=C(NCC(C)Oc1ccccc1F)N1CCC(c2cnn(C)c2)C1.I. The highest BCUT2D eigenvalue weighted by molar-refractivity contribution is 14.0. The number of hydrogen-bond acceptors (Lipinski definition) is 3. The molecule has 2 heterocycles. The largest absolute Gasteiger partial charge is 0.486 e. The Hall–Kier alpha value is -1.84. The first-order valence-electron chi connectivity index (χ1n) is 8.92. The Bertz CT molecular complexity index is 766. The minimum Gasteiger partial charge on any atom is -0.486 e. The zero-order valence-corrected chi connectivity index (χ0v) is 18.3. The van der Waals surface area contributed by atoms with Crippen LogP contribution in [0.4, 0.5) is 4.39 Å². The maximum Gasteiger partial charge on any atom is 0.193 e. The molecular formula is C19H27FIN5O. The van der Waals surface area contributed by atoms with Gasteiger partial charge in [0.25, 0.3) is 0 Å². The van der Waals surface area contributed by atoms with Crippen LogP contribution in [0.2, 0.25) is 0 Å². The van der Waals surface area contributed by atoms with Crippen molar-refractivity contribution < 1.29 is 9.13 Å². The molecule has 0 amide bonds. The number of nitrogens with zero attached hydrogens (tertiary/aromatic N) is 4. The van der Waals surface area contributed by atoms with Gasteiger partial charge in [-0.1, -0.05) is 12.1 Å². The summed E-state index contributed by atoms with van der Waals surface area (Å²) in [5.74, 6) is 1.24. The summed E-state index contributed by atoms with van der Waals surface area (Å²) in [6.07, 6.45) is 4.91. The Morgan fingerprint density at radius 1 is 1.44 bits per heavy atom. The van der Waals surface area contributed by atoms with Crippen molar-refractivity contribution in [1.29, 1.82) is 0 Å². The average Bonchev–Trinajstić information content (AvgIpc) is 3.27. The van der Waals surface area contributed by atoms with E-state index in [4.69, 9.17) is 4.74 Å². The number of ether oxygens (including phenoxy) is 1. The van der Waals surface area contributed by atoms with Crippen LogP contribution in [0.5, 0.6) is 5.75 Å². The number of benzene rings is 1. The predicted octanol–water partition coefficient (Wildman–Crippen LogP) is 3.01. The highest BCUT2D eigenvalue weighted by Crippen LogP contribution is 2.26. The molecule has 1 saturated heterocycles. The first-order chi connectivity index (χ1) is 12.6. The molecule has 1 N–H and O–H groups in total. The van der Waals surface area contributed by atoms with Gasteiger partial charge in [-0.25, -0.2) is 4.39 Å². The summed E-state index contributed by atoms with van der Waals surface area (Å²) in [7, 11) is 3.72. The topological polar surface area (TPSA) is 54.7 Å². The van der Waals surface area contributed by atoms with Crippen LogP contribution >= 0.6 is 24.0 Å². The molecule has 1 aromatic heterocycles. The van der Waals surface area contributed by atoms with E-state index in [1.165, 1.54) is 11.6 Å². The molecule has 148 valence electrons. The Balaban J connectivity index is 0.00000261. The van der Waals surface area contributed by atoms with Crippen molar-refractivity contribution in [1.82, 2.24) is 20.0 Å². The Kier molecular flexibility index (Phi) is 7.88. The summed E-state index contributed by atoms with van der Waals surface area (Å²) in [6.45, 7) is 4.32. The molecule has 1 aliphatic heterocycles. The second-order valence-corrected chi connectivity index (χ2v) is 6.67. The highest BCUT2D eigenvalue weighted by Gasteiger charge is 2.27. The fourth-order valence-electron chi connectivity index (χ4n) is 3.24. The van der Waals surface area contributed by atoms with Crippen LogP contribution in [-0.4, -0.2) is 53.4 Å². The second kappa shape index (κ2) is 9.91. The van der Waals surface area contributed by atoms with Crippen molar-refractivity contribution in [3.05, 3.63) is 48.0 Å². The molecule has 3 rings (SSSR count). The van der Waals surface area contributed by atoms with Crippen LogP contribution < -0.4 is 10.1 Å². The Morgan fingerprint density at radius 3 is 2.89 bits per heavy atom. The molecule has 0 bridgehead atoms. The average molecular weight is 487 g/mol. The van der Waals surface area contributed by atoms with Gasteiger partial charge < -0.3 is 15.0 Å². The number of aryl methyl sites for hydroxylation is 1. The van der Waals surface area contributed by atoms with Gasteiger partial charge in [-0.3, -0.25) is 9.67 Å². The van der Waals surface area contributed by atoms with E-state index in [1.54, 1.807) is 25.2 Å². The van der Waals surface area contributed by atoms with E-state index in [1.807, 2.05) is 24.9 Å². The van der Waals surface area contributed by atoms with Crippen LogP contribution in [0.1, 0.15) is 24.8 Å². The summed E-state index contributed by atoms with van der Waals surface area (Å²) < 4.78 is 21.2. The van der Waals surface area contributed by atoms with Gasteiger partial charge in [0, 0.05) is 39.3 Å². The summed E-state index contributed by atoms with van der Waals surface area (Å²) in [6, 6.07) is 6.45. The molecule has 0 radical (unpaired) electrons. The zero-order valence-electron chi connectivity index (χ0n) is 15.9. The van der Waals surface area contributed by atoms with Gasteiger partial charge in [0.1, 0.15) is 6.10 Å². The van der Waals surface area contributed by atoms with Crippen molar-refractivity contribution >= 4 is 29.9 Å². The Labute approximate surface area is 176 Å². The monoisotopic (exact) mass is 487 g/mol. The lowest BCUT2D eigenvalue weighted by molar-refractivity contribution is 0.212. The predicted molar refractivity (Wildman–Crippen MR) is 115 cm³/mol. The van der Waals surface area contributed by atoms with E-state index in [9.17, 15) is 4.39 Å². The molecule has 1 fully saturated rings. The highest BCUT2D eigenvalue weighted by atomic mass is 127. The number of hydrogen-bond donors (Lipinski definition) is 1. The lowest BCUT2D eigenvalue weighted by atomic mass is 10.0. The van der Waals surface area contributed by atoms with Crippen molar-refractivity contribution in [2.75, 3.05) is 26.7 Å². The van der Waals surface area contributed by atoms with Crippen LogP contribution in [0, 0.1) is 5.82 Å². The molecule has 0 spiro atoms. The van der Waals surface area contributed by atoms with Gasteiger partial charge in [-0.15, -0.1) is 24.0 Å². The van der Waals surface area contributed by atoms with Crippen molar-refractivity contribution in [2.45, 2.75) is 25.4 Å². The molecule has 8 heteroatoms. The lowest BCUT2D eigenvalue weighted by Crippen LogP contribution is -2.43. The molecule has 0 saturated carbocycles. The summed E-state index contributed by atoms with van der Waals surface area (Å²) in [5, 5.41) is 7.60. The third kappa shape index (κ3) is 5.57. The normalized spacial score (nSPS) is 18.1. The minimum atomic E-state index is -0.345. The number of likely N-dealkylation sites (tertiary alicyclic amines) is 1. The van der Waals surface area contributed by atoms with Crippen LogP contribution in [0.15, 0.2) is 41.7 Å². The van der Waals surface area contributed by atoms with Crippen molar-refractivity contribution in [2.24, 2.45) is 12.0 Å². The third-order valence-electron chi connectivity index (χ3n) is 4.61. The molecule has 2 unspecified atom stereocenters. The van der Waals surface area contributed by atoms with E-state index >= 15 is 0 Å². The number of aliphatic imine (C=N–C) groups is 1. The lowest BCUT2D eigenvalue weighted by Gasteiger charge is -2.23. The van der Waals surface area contributed by atoms with Crippen LogP contribution in [0.3, 0.4) is 0 Å². The standard InChI is InChI=1S/C19H26FN5O.HI/c1-14(26-18-7-5-4-6-17(18)20)10-22-19(21-2)25-9-8-15(13-25)16-11-23-24(3)12-16;/h4-7,11-12,14-15H,8-10,13H2,1-3H3,(H,21,22);1H. The molecular weight excluding hydrogens is 460 g/mol. The van der Waals surface area contributed by atoms with Gasteiger partial charge in [-0.05, 0) is 31.0 Å². The van der Waals surface area contributed by atoms with Crippen LogP contribution in [0.25, 0.3) is 0 Å². The fourth-order valence-corrected chi connectivity index (χ4v) is 3.24. The molecule has 1 aromatic carbocycles. The third-order valence-corrected chi connectivity index (χ3v) is 4.61. The van der Waals surface area contributed by atoms with Gasteiger partial charge in [0.15, 0.2) is 17.5 Å². The second-order valence-electron chi connectivity index (χ2n) is 6.67. The van der Waals surface area contributed by atoms with Gasteiger partial charge >= 0.3 is 0 Å². The van der Waals surface area contributed by atoms with Gasteiger partial charge in [0.05, 0.1) is 12.7 Å². The molecule has 2 aromatic rings. The smallest absolute Gasteiger partial charge is 0.193 e. The molecule has 1 aliphatic rings. The Morgan fingerprint density at radius 2 is 2.22 bits per heavy atom. The quantitative estimate of drug-likeness (QED) is 0.401. The van der Waals surface area contributed by atoms with Gasteiger partial charge in [-0.2, -0.15) is 5.10 Å². The number of nitrogens with one attached hydrogen (secondary N) is 1. The first-order valence-corrected chi connectivity index (χ1v) is 8.92. The van der Waals surface area contributed by atoms with Gasteiger partial charge in [0.2, 0.25) is 0 Å². The first kappa shape index (κ1) is 21.5. The molecule has 6 nitrogen and oxygen atoms in total. The van der Waals surface area contributed by atoms with Crippen molar-refractivity contribution in [3.63, 3.8) is 0 Å². The number of halogens is 2. The number of aromatic nitrogens is 2. The number of guanidine groups is 1. The summed E-state index contributed by atoms with van der Waals surface area (Å²) in [5.41, 5.74) is 1.27. The molecule has 0 aliphatic carbocycles. The molecule has 27 heavy (non-hydrogen) atoms. The zero-order chi connectivity index (χ0) is 18.5. The van der Waals surface area contributed by atoms with E-state index in [0.29, 0.717) is 12.5 Å². The summed E-state index contributed by atoms with van der Waals surface area (Å²) >= 11 is 0. The van der Waals surface area contributed by atoms with Crippen LogP contribution in [-0.2, 0) is 7.05 Å². The maximum absolute atomic E-state index is 13.7. The molecule has 2 atom stereocenters. The number of para-hydroxylation sites is 1. The van der Waals surface area contributed by atoms with E-state index in [0.717, 1.165) is 25.5 Å².